The maximum atomic E-state index is 12.8. The molecule has 1 saturated heterocycles. The number of methoxy groups -OCH3 is 1. The standard InChI is InChI=1S/C17H19ClF3N5O/c1-25(14-7-15(27-2)24-10-23-14)12-4-3-5-26(9-12)16-13(18)6-11(8-22-16)17(19,20)21/h6-8,10,12H,3-5,9H2,1-2H3. The zero-order valence-corrected chi connectivity index (χ0v) is 15.6. The van der Waals surface area contributed by atoms with E-state index in [1.165, 1.54) is 13.4 Å². The number of nitrogens with zero attached hydrogens (tertiary/aromatic N) is 5. The van der Waals surface area contributed by atoms with Crippen molar-refractivity contribution in [1.82, 2.24) is 15.0 Å². The first kappa shape index (κ1) is 19.5. The van der Waals surface area contributed by atoms with Gasteiger partial charge in [0.25, 0.3) is 0 Å². The van der Waals surface area contributed by atoms with Gasteiger partial charge in [0.05, 0.1) is 17.7 Å². The molecule has 3 heterocycles. The van der Waals surface area contributed by atoms with Gasteiger partial charge in [-0.1, -0.05) is 11.6 Å². The topological polar surface area (TPSA) is 54.4 Å². The summed E-state index contributed by atoms with van der Waals surface area (Å²) in [7, 11) is 3.45. The van der Waals surface area contributed by atoms with E-state index < -0.39 is 11.7 Å². The molecule has 0 aliphatic carbocycles. The van der Waals surface area contributed by atoms with Crippen molar-refractivity contribution >= 4 is 23.2 Å². The Kier molecular flexibility index (Phi) is 5.59. The van der Waals surface area contributed by atoms with Gasteiger partial charge in [-0.25, -0.2) is 15.0 Å². The molecule has 0 spiro atoms. The summed E-state index contributed by atoms with van der Waals surface area (Å²) in [6, 6.07) is 2.76. The highest BCUT2D eigenvalue weighted by atomic mass is 35.5. The summed E-state index contributed by atoms with van der Waals surface area (Å²) >= 11 is 6.10. The molecule has 2 aromatic rings. The molecular weight excluding hydrogens is 383 g/mol. The van der Waals surface area contributed by atoms with E-state index in [4.69, 9.17) is 16.3 Å². The SMILES string of the molecule is COc1cc(N(C)C2CCCN(c3ncc(C(F)(F)F)cc3Cl)C2)ncn1. The Morgan fingerprint density at radius 2 is 2.04 bits per heavy atom. The van der Waals surface area contributed by atoms with Gasteiger partial charge in [0, 0.05) is 38.4 Å². The second-order valence-corrected chi connectivity index (χ2v) is 6.71. The number of halogens is 4. The number of piperidine rings is 1. The second kappa shape index (κ2) is 7.75. The highest BCUT2D eigenvalue weighted by Gasteiger charge is 2.33. The number of rotatable bonds is 4. The molecule has 1 aliphatic heterocycles. The molecule has 0 radical (unpaired) electrons. The van der Waals surface area contributed by atoms with Crippen LogP contribution in [0.4, 0.5) is 24.8 Å². The smallest absolute Gasteiger partial charge is 0.417 e. The third-order valence-corrected chi connectivity index (χ3v) is 4.87. The first-order valence-electron chi connectivity index (χ1n) is 8.36. The Morgan fingerprint density at radius 1 is 1.26 bits per heavy atom. The van der Waals surface area contributed by atoms with E-state index in [-0.39, 0.29) is 11.1 Å². The van der Waals surface area contributed by atoms with Gasteiger partial charge in [0.1, 0.15) is 18.0 Å². The van der Waals surface area contributed by atoms with Gasteiger partial charge < -0.3 is 14.5 Å². The molecule has 2 aromatic heterocycles. The van der Waals surface area contributed by atoms with E-state index in [1.54, 1.807) is 6.07 Å². The molecule has 0 aromatic carbocycles. The third kappa shape index (κ3) is 4.35. The maximum Gasteiger partial charge on any atom is 0.417 e. The highest BCUT2D eigenvalue weighted by Crippen LogP contribution is 2.34. The average Bonchev–Trinajstić information content (AvgIpc) is 2.66. The lowest BCUT2D eigenvalue weighted by atomic mass is 10.0. The summed E-state index contributed by atoms with van der Waals surface area (Å²) in [5.41, 5.74) is -0.852. The van der Waals surface area contributed by atoms with Gasteiger partial charge in [0.2, 0.25) is 5.88 Å². The van der Waals surface area contributed by atoms with Crippen LogP contribution in [0.5, 0.6) is 5.88 Å². The van der Waals surface area contributed by atoms with E-state index in [0.717, 1.165) is 25.1 Å². The molecule has 1 unspecified atom stereocenters. The van der Waals surface area contributed by atoms with Crippen molar-refractivity contribution in [3.8, 4) is 5.88 Å². The molecule has 10 heteroatoms. The zero-order chi connectivity index (χ0) is 19.6. The number of ether oxygens (including phenoxy) is 1. The molecule has 1 fully saturated rings. The fourth-order valence-electron chi connectivity index (χ4n) is 3.10. The highest BCUT2D eigenvalue weighted by molar-refractivity contribution is 6.33. The van der Waals surface area contributed by atoms with E-state index >= 15 is 0 Å². The summed E-state index contributed by atoms with van der Waals surface area (Å²) in [4.78, 5) is 16.2. The van der Waals surface area contributed by atoms with Gasteiger partial charge in [-0.05, 0) is 18.9 Å². The van der Waals surface area contributed by atoms with E-state index in [0.29, 0.717) is 30.6 Å². The first-order chi connectivity index (χ1) is 12.8. The second-order valence-electron chi connectivity index (χ2n) is 6.30. The van der Waals surface area contributed by atoms with Crippen LogP contribution in [0.15, 0.2) is 24.7 Å². The molecule has 1 atom stereocenters. The maximum absolute atomic E-state index is 12.8. The van der Waals surface area contributed by atoms with Crippen LogP contribution in [0.25, 0.3) is 0 Å². The lowest BCUT2D eigenvalue weighted by Gasteiger charge is -2.39. The molecule has 146 valence electrons. The van der Waals surface area contributed by atoms with E-state index in [2.05, 4.69) is 15.0 Å². The summed E-state index contributed by atoms with van der Waals surface area (Å²) in [6.07, 6.45) is -0.441. The normalized spacial score (nSPS) is 17.7. The molecule has 0 saturated carbocycles. The lowest BCUT2D eigenvalue weighted by Crippen LogP contribution is -2.47. The predicted octanol–water partition coefficient (Wildman–Crippen LogP) is 3.66. The van der Waals surface area contributed by atoms with Crippen LogP contribution in [0, 0.1) is 0 Å². The van der Waals surface area contributed by atoms with Gasteiger partial charge in [-0.2, -0.15) is 13.2 Å². The number of aromatic nitrogens is 3. The fraction of sp³-hybridized carbons (Fsp3) is 0.471. The van der Waals surface area contributed by atoms with E-state index in [9.17, 15) is 13.2 Å². The van der Waals surface area contributed by atoms with Crippen molar-refractivity contribution in [1.29, 1.82) is 0 Å². The number of alkyl halides is 3. The molecule has 3 rings (SSSR count). The Morgan fingerprint density at radius 3 is 2.70 bits per heavy atom. The predicted molar refractivity (Wildman–Crippen MR) is 96.5 cm³/mol. The van der Waals surface area contributed by atoms with Crippen molar-refractivity contribution in [2.45, 2.75) is 25.1 Å². The number of likely N-dealkylation sites (N-methyl/N-ethyl adjacent to an activating group) is 1. The molecule has 1 aliphatic rings. The lowest BCUT2D eigenvalue weighted by molar-refractivity contribution is -0.137. The van der Waals surface area contributed by atoms with Crippen LogP contribution in [0.2, 0.25) is 5.02 Å². The van der Waals surface area contributed by atoms with Gasteiger partial charge in [-0.15, -0.1) is 0 Å². The monoisotopic (exact) mass is 401 g/mol. The molecule has 27 heavy (non-hydrogen) atoms. The first-order valence-corrected chi connectivity index (χ1v) is 8.74. The van der Waals surface area contributed by atoms with Crippen molar-refractivity contribution in [2.24, 2.45) is 0 Å². The quantitative estimate of drug-likeness (QED) is 0.779. The molecule has 6 nitrogen and oxygen atoms in total. The minimum atomic E-state index is -4.47. The Bertz CT molecular complexity index is 804. The molecule has 0 bridgehead atoms. The summed E-state index contributed by atoms with van der Waals surface area (Å²) in [6.45, 7) is 1.25. The minimum Gasteiger partial charge on any atom is -0.481 e. The molecule has 0 N–H and O–H groups in total. The number of anilines is 2. The Labute approximate surface area is 159 Å². The minimum absolute atomic E-state index is 0.00293. The van der Waals surface area contributed by atoms with Gasteiger partial charge >= 0.3 is 6.18 Å². The largest absolute Gasteiger partial charge is 0.481 e. The van der Waals surface area contributed by atoms with Crippen LogP contribution >= 0.6 is 11.6 Å². The van der Waals surface area contributed by atoms with Crippen LogP contribution in [-0.4, -0.2) is 48.2 Å². The van der Waals surface area contributed by atoms with Crippen LogP contribution in [-0.2, 0) is 6.18 Å². The third-order valence-electron chi connectivity index (χ3n) is 4.59. The Balaban J connectivity index is 1.78. The van der Waals surface area contributed by atoms with Crippen LogP contribution in [0.1, 0.15) is 18.4 Å². The van der Waals surface area contributed by atoms with Crippen molar-refractivity contribution in [3.05, 3.63) is 35.2 Å². The van der Waals surface area contributed by atoms with Crippen molar-refractivity contribution < 1.29 is 17.9 Å². The molecule has 0 amide bonds. The summed E-state index contributed by atoms with van der Waals surface area (Å²) < 4.78 is 43.6. The number of pyridine rings is 1. The van der Waals surface area contributed by atoms with E-state index in [1.807, 2.05) is 16.8 Å². The van der Waals surface area contributed by atoms with Crippen molar-refractivity contribution in [2.75, 3.05) is 37.0 Å². The van der Waals surface area contributed by atoms with Crippen LogP contribution in [0.3, 0.4) is 0 Å². The average molecular weight is 402 g/mol. The van der Waals surface area contributed by atoms with Gasteiger partial charge in [-0.3, -0.25) is 0 Å². The van der Waals surface area contributed by atoms with Gasteiger partial charge in [0.15, 0.2) is 0 Å². The van der Waals surface area contributed by atoms with Crippen LogP contribution < -0.4 is 14.5 Å². The summed E-state index contributed by atoms with van der Waals surface area (Å²) in [5, 5.41) is -0.00293. The zero-order valence-electron chi connectivity index (χ0n) is 14.9. The Hall–Kier alpha value is -2.29. The fourth-order valence-corrected chi connectivity index (χ4v) is 3.39. The molecular formula is C17H19ClF3N5O. The summed E-state index contributed by atoms with van der Waals surface area (Å²) in [5.74, 6) is 1.54. The number of hydrogen-bond donors (Lipinski definition) is 0. The number of hydrogen-bond acceptors (Lipinski definition) is 6. The van der Waals surface area contributed by atoms with Crippen molar-refractivity contribution in [3.63, 3.8) is 0 Å².